The summed E-state index contributed by atoms with van der Waals surface area (Å²) in [6.45, 7) is 3.14. The Morgan fingerprint density at radius 1 is 1.09 bits per heavy atom. The van der Waals surface area contributed by atoms with Gasteiger partial charge in [0.2, 0.25) is 0 Å². The fourth-order valence-electron chi connectivity index (χ4n) is 2.94. The van der Waals surface area contributed by atoms with Crippen LogP contribution in [0.25, 0.3) is 11.1 Å². The Balaban J connectivity index is 1.70. The smallest absolute Gasteiger partial charge is 0.0991 e. The van der Waals surface area contributed by atoms with Crippen LogP contribution in [0.3, 0.4) is 0 Å². The van der Waals surface area contributed by atoms with Crippen LogP contribution in [-0.2, 0) is 0 Å². The zero-order valence-corrected chi connectivity index (χ0v) is 13.2. The number of rotatable bonds is 4. The molecule has 0 unspecified atom stereocenters. The molecule has 0 amide bonds. The summed E-state index contributed by atoms with van der Waals surface area (Å²) >= 11 is 0. The standard InChI is InChI=1S/C20H21N3/c21-13-17-3-1-5-19(11-17)20-6-2-4-18(12-20)15-23-14-16-7-9-22-10-8-16/h1-6,11-12,15-16,22H,7-10,14H2. The molecule has 23 heavy (non-hydrogen) atoms. The number of aliphatic imine (C=N–C) groups is 1. The molecule has 1 saturated heterocycles. The van der Waals surface area contributed by atoms with E-state index < -0.39 is 0 Å². The van der Waals surface area contributed by atoms with E-state index in [4.69, 9.17) is 5.26 Å². The summed E-state index contributed by atoms with van der Waals surface area (Å²) in [5, 5.41) is 12.4. The van der Waals surface area contributed by atoms with Crippen molar-refractivity contribution in [1.82, 2.24) is 5.32 Å². The molecule has 1 aliphatic rings. The van der Waals surface area contributed by atoms with Gasteiger partial charge in [-0.25, -0.2) is 0 Å². The Morgan fingerprint density at radius 2 is 1.83 bits per heavy atom. The normalized spacial score (nSPS) is 15.6. The van der Waals surface area contributed by atoms with E-state index in [1.54, 1.807) is 0 Å². The van der Waals surface area contributed by atoms with Crippen LogP contribution in [0.2, 0.25) is 0 Å². The van der Waals surface area contributed by atoms with Crippen molar-refractivity contribution < 1.29 is 0 Å². The maximum absolute atomic E-state index is 9.03. The molecule has 3 heteroatoms. The second-order valence-corrected chi connectivity index (χ2v) is 6.01. The zero-order valence-electron chi connectivity index (χ0n) is 13.2. The van der Waals surface area contributed by atoms with Gasteiger partial charge < -0.3 is 5.32 Å². The van der Waals surface area contributed by atoms with Crippen LogP contribution in [-0.4, -0.2) is 25.8 Å². The SMILES string of the molecule is N#Cc1cccc(-c2cccc(C=NCC3CCNCC3)c2)c1. The maximum Gasteiger partial charge on any atom is 0.0991 e. The monoisotopic (exact) mass is 303 g/mol. The molecule has 116 valence electrons. The number of nitriles is 1. The predicted octanol–water partition coefficient (Wildman–Crippen LogP) is 3.64. The van der Waals surface area contributed by atoms with Crippen LogP contribution in [0.15, 0.2) is 53.5 Å². The van der Waals surface area contributed by atoms with Gasteiger partial charge in [0.1, 0.15) is 0 Å². The van der Waals surface area contributed by atoms with Crippen molar-refractivity contribution in [3.05, 3.63) is 59.7 Å². The molecule has 1 N–H and O–H groups in total. The van der Waals surface area contributed by atoms with Gasteiger partial charge in [0, 0.05) is 12.8 Å². The summed E-state index contributed by atoms with van der Waals surface area (Å²) in [5.74, 6) is 0.711. The summed E-state index contributed by atoms with van der Waals surface area (Å²) in [6, 6.07) is 18.2. The minimum Gasteiger partial charge on any atom is -0.317 e. The van der Waals surface area contributed by atoms with E-state index in [0.717, 1.165) is 36.3 Å². The van der Waals surface area contributed by atoms with Crippen molar-refractivity contribution in [2.24, 2.45) is 10.9 Å². The highest BCUT2D eigenvalue weighted by atomic mass is 14.9. The molecular formula is C20H21N3. The molecular weight excluding hydrogens is 282 g/mol. The van der Waals surface area contributed by atoms with Crippen molar-refractivity contribution in [3.63, 3.8) is 0 Å². The average Bonchev–Trinajstić information content (AvgIpc) is 2.63. The first kappa shape index (κ1) is 15.5. The van der Waals surface area contributed by atoms with Gasteiger partial charge >= 0.3 is 0 Å². The Morgan fingerprint density at radius 3 is 2.61 bits per heavy atom. The van der Waals surface area contributed by atoms with Crippen molar-refractivity contribution >= 4 is 6.21 Å². The molecule has 2 aromatic carbocycles. The van der Waals surface area contributed by atoms with Gasteiger partial charge in [0.15, 0.2) is 0 Å². The van der Waals surface area contributed by atoms with Gasteiger partial charge in [0.05, 0.1) is 11.6 Å². The van der Waals surface area contributed by atoms with Gasteiger partial charge in [-0.3, -0.25) is 4.99 Å². The van der Waals surface area contributed by atoms with Crippen molar-refractivity contribution in [2.75, 3.05) is 19.6 Å². The van der Waals surface area contributed by atoms with Crippen molar-refractivity contribution in [2.45, 2.75) is 12.8 Å². The van der Waals surface area contributed by atoms with Crippen LogP contribution in [0.4, 0.5) is 0 Å². The van der Waals surface area contributed by atoms with E-state index in [1.165, 1.54) is 12.8 Å². The van der Waals surface area contributed by atoms with Crippen LogP contribution < -0.4 is 5.32 Å². The van der Waals surface area contributed by atoms with E-state index in [9.17, 15) is 0 Å². The molecule has 3 rings (SSSR count). The van der Waals surface area contributed by atoms with E-state index in [1.807, 2.05) is 36.5 Å². The predicted molar refractivity (Wildman–Crippen MR) is 94.6 cm³/mol. The van der Waals surface area contributed by atoms with Crippen LogP contribution in [0.5, 0.6) is 0 Å². The fraction of sp³-hybridized carbons (Fsp3) is 0.300. The lowest BCUT2D eigenvalue weighted by Crippen LogP contribution is -2.28. The third-order valence-corrected chi connectivity index (χ3v) is 4.27. The van der Waals surface area contributed by atoms with Gasteiger partial charge in [-0.2, -0.15) is 5.26 Å². The maximum atomic E-state index is 9.03. The van der Waals surface area contributed by atoms with Crippen molar-refractivity contribution in [3.8, 4) is 17.2 Å². The number of hydrogen-bond acceptors (Lipinski definition) is 3. The molecule has 1 fully saturated rings. The highest BCUT2D eigenvalue weighted by molar-refractivity contribution is 5.82. The highest BCUT2D eigenvalue weighted by Gasteiger charge is 2.11. The Kier molecular flexibility index (Phi) is 5.18. The molecule has 1 aliphatic heterocycles. The van der Waals surface area contributed by atoms with Gasteiger partial charge in [-0.1, -0.05) is 30.3 Å². The van der Waals surface area contributed by atoms with Gasteiger partial charge in [-0.15, -0.1) is 0 Å². The Hall–Kier alpha value is -2.44. The number of nitrogens with zero attached hydrogens (tertiary/aromatic N) is 2. The second kappa shape index (κ2) is 7.71. The number of piperidine rings is 1. The quantitative estimate of drug-likeness (QED) is 0.877. The lowest BCUT2D eigenvalue weighted by molar-refractivity contribution is 0.383. The minimum atomic E-state index is 0.687. The molecule has 0 aromatic heterocycles. The first-order valence-electron chi connectivity index (χ1n) is 8.16. The summed E-state index contributed by atoms with van der Waals surface area (Å²) < 4.78 is 0. The molecule has 0 spiro atoms. The Labute approximate surface area is 137 Å². The number of nitrogens with one attached hydrogen (secondary N) is 1. The van der Waals surface area contributed by atoms with Crippen molar-refractivity contribution in [1.29, 1.82) is 5.26 Å². The Bertz CT molecular complexity index is 722. The molecule has 0 radical (unpaired) electrons. The first-order chi connectivity index (χ1) is 11.3. The highest BCUT2D eigenvalue weighted by Crippen LogP contribution is 2.21. The molecule has 3 nitrogen and oxygen atoms in total. The third-order valence-electron chi connectivity index (χ3n) is 4.27. The largest absolute Gasteiger partial charge is 0.317 e. The molecule has 1 heterocycles. The van der Waals surface area contributed by atoms with Gasteiger partial charge in [0.25, 0.3) is 0 Å². The molecule has 2 aromatic rings. The fourth-order valence-corrected chi connectivity index (χ4v) is 2.94. The number of hydrogen-bond donors (Lipinski definition) is 1. The van der Waals surface area contributed by atoms with Crippen LogP contribution >= 0.6 is 0 Å². The van der Waals surface area contributed by atoms with Crippen LogP contribution in [0.1, 0.15) is 24.0 Å². The average molecular weight is 303 g/mol. The molecule has 0 bridgehead atoms. The molecule has 0 aliphatic carbocycles. The molecule has 0 saturated carbocycles. The summed E-state index contributed by atoms with van der Waals surface area (Å²) in [7, 11) is 0. The lowest BCUT2D eigenvalue weighted by Gasteiger charge is -2.20. The minimum absolute atomic E-state index is 0.687. The second-order valence-electron chi connectivity index (χ2n) is 6.01. The van der Waals surface area contributed by atoms with Gasteiger partial charge in [-0.05, 0) is 66.7 Å². The van der Waals surface area contributed by atoms with Crippen LogP contribution in [0, 0.1) is 17.2 Å². The van der Waals surface area contributed by atoms with E-state index in [-0.39, 0.29) is 0 Å². The number of benzene rings is 2. The van der Waals surface area contributed by atoms with E-state index >= 15 is 0 Å². The first-order valence-corrected chi connectivity index (χ1v) is 8.16. The topological polar surface area (TPSA) is 48.2 Å². The third kappa shape index (κ3) is 4.28. The van der Waals surface area contributed by atoms with E-state index in [0.29, 0.717) is 11.5 Å². The van der Waals surface area contributed by atoms with E-state index in [2.05, 4.69) is 34.6 Å². The summed E-state index contributed by atoms with van der Waals surface area (Å²) in [6.07, 6.45) is 4.41. The zero-order chi connectivity index (χ0) is 15.9. The molecule has 0 atom stereocenters. The lowest BCUT2D eigenvalue weighted by atomic mass is 9.98. The summed E-state index contributed by atoms with van der Waals surface area (Å²) in [4.78, 5) is 4.63. The summed E-state index contributed by atoms with van der Waals surface area (Å²) in [5.41, 5.74) is 3.98.